The van der Waals surface area contributed by atoms with E-state index in [-0.39, 0.29) is 11.5 Å². The van der Waals surface area contributed by atoms with Gasteiger partial charge in [0.1, 0.15) is 12.0 Å². The van der Waals surface area contributed by atoms with Gasteiger partial charge in [0.15, 0.2) is 0 Å². The van der Waals surface area contributed by atoms with Crippen molar-refractivity contribution < 1.29 is 4.74 Å². The first kappa shape index (κ1) is 14.4. The Hall–Kier alpha value is -1.24. The molecule has 0 radical (unpaired) electrons. The van der Waals surface area contributed by atoms with Gasteiger partial charge in [-0.2, -0.15) is 5.10 Å². The third-order valence-electron chi connectivity index (χ3n) is 4.12. The number of ether oxygens (including phenoxy) is 1. The number of fused-ring (bicyclic) bond motifs is 1. The van der Waals surface area contributed by atoms with Crippen LogP contribution >= 0.6 is 23.4 Å². The van der Waals surface area contributed by atoms with Gasteiger partial charge in [-0.25, -0.2) is 9.67 Å². The molecule has 0 saturated carbocycles. The van der Waals surface area contributed by atoms with Crippen LogP contribution in [0, 0.1) is 0 Å². The van der Waals surface area contributed by atoms with Gasteiger partial charge in [0.25, 0.3) is 0 Å². The summed E-state index contributed by atoms with van der Waals surface area (Å²) in [4.78, 5) is 5.47. The van der Waals surface area contributed by atoms with Gasteiger partial charge in [-0.1, -0.05) is 11.6 Å². The monoisotopic (exact) mass is 336 g/mol. The van der Waals surface area contributed by atoms with E-state index in [1.165, 1.54) is 12.1 Å². The van der Waals surface area contributed by atoms with Crippen LogP contribution in [-0.2, 0) is 11.2 Å². The van der Waals surface area contributed by atoms with Crippen molar-refractivity contribution in [3.63, 3.8) is 0 Å². The van der Waals surface area contributed by atoms with Crippen LogP contribution in [0.3, 0.4) is 0 Å². The van der Waals surface area contributed by atoms with E-state index in [9.17, 15) is 0 Å². The molecule has 4 heterocycles. The van der Waals surface area contributed by atoms with E-state index in [1.54, 1.807) is 17.8 Å². The molecule has 2 aromatic heterocycles. The van der Waals surface area contributed by atoms with Crippen molar-refractivity contribution in [3.8, 4) is 0 Å². The Balaban J connectivity index is 1.62. The summed E-state index contributed by atoms with van der Waals surface area (Å²) in [6.07, 6.45) is 6.06. The largest absolute Gasteiger partial charge is 0.384 e. The molecular formula is C15H17ClN4OS. The number of aromatic nitrogens is 3. The lowest BCUT2D eigenvalue weighted by Gasteiger charge is -2.25. The second kappa shape index (κ2) is 5.76. The fourth-order valence-corrected chi connectivity index (χ4v) is 4.72. The first-order chi connectivity index (χ1) is 10.7. The Morgan fingerprint density at radius 3 is 3.14 bits per heavy atom. The van der Waals surface area contributed by atoms with Crippen molar-refractivity contribution in [1.82, 2.24) is 14.8 Å². The molecule has 2 aliphatic rings. The van der Waals surface area contributed by atoms with E-state index >= 15 is 0 Å². The van der Waals surface area contributed by atoms with E-state index in [0.29, 0.717) is 10.8 Å². The number of rotatable bonds is 2. The highest BCUT2D eigenvalue weighted by Gasteiger charge is 2.31. The maximum Gasteiger partial charge on any atom is 0.150 e. The van der Waals surface area contributed by atoms with Crippen LogP contribution in [0.1, 0.15) is 42.1 Å². The molecule has 1 fully saturated rings. The minimum atomic E-state index is 0.0524. The molecule has 2 aliphatic heterocycles. The van der Waals surface area contributed by atoms with E-state index in [0.717, 1.165) is 36.5 Å². The van der Waals surface area contributed by atoms with Gasteiger partial charge in [0.05, 0.1) is 21.7 Å². The minimum Gasteiger partial charge on any atom is -0.384 e. The number of thioether (sulfide) groups is 1. The average molecular weight is 337 g/mol. The topological polar surface area (TPSA) is 66.0 Å². The SMILES string of the molecule is Nc1cc(Cl)c2c(n1)CC(c1ccnn1C1CCCCO1)S2. The molecule has 0 amide bonds. The van der Waals surface area contributed by atoms with Gasteiger partial charge in [-0.05, 0) is 25.3 Å². The predicted octanol–water partition coefficient (Wildman–Crippen LogP) is 3.60. The smallest absolute Gasteiger partial charge is 0.150 e. The van der Waals surface area contributed by atoms with Crippen LogP contribution in [0.2, 0.25) is 5.02 Å². The zero-order valence-electron chi connectivity index (χ0n) is 12.0. The highest BCUT2D eigenvalue weighted by atomic mass is 35.5. The Morgan fingerprint density at radius 1 is 1.41 bits per heavy atom. The fraction of sp³-hybridized carbons (Fsp3) is 0.467. The van der Waals surface area contributed by atoms with E-state index in [4.69, 9.17) is 22.1 Å². The summed E-state index contributed by atoms with van der Waals surface area (Å²) >= 11 is 8.04. The predicted molar refractivity (Wildman–Crippen MR) is 87.0 cm³/mol. The number of nitrogens with two attached hydrogens (primary N) is 1. The fourth-order valence-electron chi connectivity index (χ4n) is 3.10. The van der Waals surface area contributed by atoms with E-state index in [1.807, 2.05) is 10.9 Å². The van der Waals surface area contributed by atoms with Crippen LogP contribution in [0.4, 0.5) is 5.82 Å². The van der Waals surface area contributed by atoms with Crippen molar-refractivity contribution in [3.05, 3.63) is 34.7 Å². The Labute approximate surface area is 138 Å². The lowest BCUT2D eigenvalue weighted by atomic mass is 10.1. The molecule has 0 aromatic carbocycles. The normalized spacial score (nSPS) is 24.4. The summed E-state index contributed by atoms with van der Waals surface area (Å²) in [5.74, 6) is 0.481. The molecule has 1 saturated heterocycles. The molecule has 116 valence electrons. The Kier molecular flexibility index (Phi) is 3.76. The molecule has 2 N–H and O–H groups in total. The quantitative estimate of drug-likeness (QED) is 0.907. The Bertz CT molecular complexity index is 699. The first-order valence-electron chi connectivity index (χ1n) is 7.49. The van der Waals surface area contributed by atoms with Crippen molar-refractivity contribution in [2.75, 3.05) is 12.3 Å². The van der Waals surface area contributed by atoms with Gasteiger partial charge in [0.2, 0.25) is 0 Å². The molecule has 4 rings (SSSR count). The van der Waals surface area contributed by atoms with Crippen molar-refractivity contribution >= 4 is 29.2 Å². The molecule has 22 heavy (non-hydrogen) atoms. The highest BCUT2D eigenvalue weighted by Crippen LogP contribution is 2.49. The molecule has 2 atom stereocenters. The summed E-state index contributed by atoms with van der Waals surface area (Å²) < 4.78 is 7.90. The molecule has 0 aliphatic carbocycles. The van der Waals surface area contributed by atoms with Gasteiger partial charge in [-0.3, -0.25) is 0 Å². The minimum absolute atomic E-state index is 0.0524. The summed E-state index contributed by atoms with van der Waals surface area (Å²) in [5.41, 5.74) is 7.95. The maximum atomic E-state index is 6.30. The van der Waals surface area contributed by atoms with Crippen molar-refractivity contribution in [2.24, 2.45) is 0 Å². The Morgan fingerprint density at radius 2 is 2.32 bits per heavy atom. The third kappa shape index (κ3) is 2.49. The highest BCUT2D eigenvalue weighted by molar-refractivity contribution is 8.00. The summed E-state index contributed by atoms with van der Waals surface area (Å²) in [6.45, 7) is 0.811. The van der Waals surface area contributed by atoms with E-state index < -0.39 is 0 Å². The van der Waals surface area contributed by atoms with Gasteiger partial charge < -0.3 is 10.5 Å². The lowest BCUT2D eigenvalue weighted by molar-refractivity contribution is -0.0411. The number of anilines is 1. The molecule has 2 unspecified atom stereocenters. The zero-order chi connectivity index (χ0) is 15.1. The zero-order valence-corrected chi connectivity index (χ0v) is 13.6. The molecular weight excluding hydrogens is 320 g/mol. The van der Waals surface area contributed by atoms with Gasteiger partial charge in [0, 0.05) is 30.2 Å². The number of pyridine rings is 1. The van der Waals surface area contributed by atoms with Crippen molar-refractivity contribution in [1.29, 1.82) is 0 Å². The molecule has 7 heteroatoms. The van der Waals surface area contributed by atoms with Crippen LogP contribution in [-0.4, -0.2) is 21.4 Å². The molecule has 0 bridgehead atoms. The third-order valence-corrected chi connectivity index (χ3v) is 5.91. The van der Waals surface area contributed by atoms with Crippen molar-refractivity contribution in [2.45, 2.75) is 42.1 Å². The lowest BCUT2D eigenvalue weighted by Crippen LogP contribution is -2.21. The number of hydrogen-bond donors (Lipinski definition) is 1. The van der Waals surface area contributed by atoms with E-state index in [2.05, 4.69) is 16.1 Å². The average Bonchev–Trinajstić information content (AvgIpc) is 3.13. The van der Waals surface area contributed by atoms with Crippen LogP contribution < -0.4 is 5.73 Å². The maximum absolute atomic E-state index is 6.30. The number of nitrogen functional groups attached to an aromatic ring is 1. The summed E-state index contributed by atoms with van der Waals surface area (Å²) in [6, 6.07) is 3.79. The molecule has 0 spiro atoms. The first-order valence-corrected chi connectivity index (χ1v) is 8.74. The van der Waals surface area contributed by atoms with Gasteiger partial charge in [-0.15, -0.1) is 11.8 Å². The molecule has 5 nitrogen and oxygen atoms in total. The van der Waals surface area contributed by atoms with Crippen LogP contribution in [0.25, 0.3) is 0 Å². The number of nitrogens with zero attached hydrogens (tertiary/aromatic N) is 3. The molecule has 2 aromatic rings. The summed E-state index contributed by atoms with van der Waals surface area (Å²) in [5, 5.41) is 5.44. The standard InChI is InChI=1S/C15H17ClN4OS/c16-9-7-13(17)19-10-8-12(22-15(9)10)11-4-5-18-20(11)14-3-1-2-6-21-14/h4-5,7,12,14H,1-3,6,8H2,(H2,17,19). The van der Waals surface area contributed by atoms with Gasteiger partial charge >= 0.3 is 0 Å². The van der Waals surface area contributed by atoms with Crippen LogP contribution in [0.5, 0.6) is 0 Å². The number of hydrogen-bond acceptors (Lipinski definition) is 5. The second-order valence-electron chi connectivity index (χ2n) is 5.64. The number of halogens is 1. The summed E-state index contributed by atoms with van der Waals surface area (Å²) in [7, 11) is 0. The van der Waals surface area contributed by atoms with Crippen LogP contribution in [0.15, 0.2) is 23.2 Å². The second-order valence-corrected chi connectivity index (χ2v) is 7.26.